The van der Waals surface area contributed by atoms with Crippen LogP contribution in [0.4, 0.5) is 8.78 Å². The fourth-order valence-electron chi connectivity index (χ4n) is 4.30. The number of benzene rings is 2. The van der Waals surface area contributed by atoms with E-state index in [9.17, 15) is 18.7 Å². The molecule has 12 heteroatoms. The van der Waals surface area contributed by atoms with E-state index in [-0.39, 0.29) is 38.0 Å². The number of halogens is 2. The fraction of sp³-hybridized carbons (Fsp3) is 0.423. The first-order valence-electron chi connectivity index (χ1n) is 12.2. The van der Waals surface area contributed by atoms with Crippen LogP contribution in [0.2, 0.25) is 0 Å². The third-order valence-corrected chi connectivity index (χ3v) is 6.06. The zero-order valence-corrected chi connectivity index (χ0v) is 21.1. The number of hydrogen-bond donors (Lipinski definition) is 1. The largest absolute Gasteiger partial charge is 0.492 e. The fourth-order valence-corrected chi connectivity index (χ4v) is 4.30. The Labute approximate surface area is 219 Å². The summed E-state index contributed by atoms with van der Waals surface area (Å²) in [6.07, 6.45) is 3.09. The van der Waals surface area contributed by atoms with Gasteiger partial charge in [0, 0.05) is 39.4 Å². The molecule has 1 fully saturated rings. The van der Waals surface area contributed by atoms with Gasteiger partial charge in [-0.1, -0.05) is 12.1 Å². The lowest BCUT2D eigenvalue weighted by Crippen LogP contribution is -2.52. The molecule has 1 N–H and O–H groups in total. The molecule has 10 nitrogen and oxygen atoms in total. The predicted molar refractivity (Wildman–Crippen MR) is 132 cm³/mol. The molecule has 2 heterocycles. The van der Waals surface area contributed by atoms with Crippen molar-refractivity contribution in [3.8, 4) is 11.5 Å². The topological polar surface area (TPSA) is 102 Å². The highest BCUT2D eigenvalue weighted by molar-refractivity contribution is 5.77. The van der Waals surface area contributed by atoms with Gasteiger partial charge in [0.05, 0.1) is 13.1 Å². The normalized spacial score (nSPS) is 18.3. The molecular weight excluding hydrogens is 500 g/mol. The summed E-state index contributed by atoms with van der Waals surface area (Å²) in [6, 6.07) is 10.6. The summed E-state index contributed by atoms with van der Waals surface area (Å²) in [4.78, 5) is 20.0. The summed E-state index contributed by atoms with van der Waals surface area (Å²) >= 11 is 0. The molecule has 2 aromatic carbocycles. The average molecular weight is 532 g/mol. The first kappa shape index (κ1) is 27.4. The molecule has 0 spiro atoms. The van der Waals surface area contributed by atoms with E-state index in [4.69, 9.17) is 14.2 Å². The minimum atomic E-state index is -1.52. The van der Waals surface area contributed by atoms with Gasteiger partial charge in [0.25, 0.3) is 0 Å². The number of aromatic nitrogens is 3. The zero-order valence-electron chi connectivity index (χ0n) is 21.1. The van der Waals surface area contributed by atoms with E-state index in [1.54, 1.807) is 11.0 Å². The highest BCUT2D eigenvalue weighted by Crippen LogP contribution is 2.23. The molecule has 1 aromatic heterocycles. The average Bonchev–Trinajstić information content (AvgIpc) is 3.34. The summed E-state index contributed by atoms with van der Waals surface area (Å²) in [5.41, 5.74) is -0.570. The van der Waals surface area contributed by atoms with E-state index in [1.807, 2.05) is 29.2 Å². The quantitative estimate of drug-likeness (QED) is 0.399. The van der Waals surface area contributed by atoms with Crippen LogP contribution in [-0.4, -0.2) is 94.3 Å². The zero-order chi connectivity index (χ0) is 27.0. The number of rotatable bonds is 11. The van der Waals surface area contributed by atoms with Gasteiger partial charge in [-0.25, -0.2) is 18.4 Å². The number of amides is 1. The van der Waals surface area contributed by atoms with Crippen LogP contribution in [0.25, 0.3) is 0 Å². The Bertz CT molecular complexity index is 1200. The van der Waals surface area contributed by atoms with Crippen molar-refractivity contribution in [2.24, 2.45) is 0 Å². The SMILES string of the molecule is COCC(=O)N1CCN(Cc2cccc(OCCn3cncn3)c2)C[C@@](O)(COc2ccc(F)cc2F)C1. The lowest BCUT2D eigenvalue weighted by Gasteiger charge is -2.33. The van der Waals surface area contributed by atoms with Crippen molar-refractivity contribution in [2.45, 2.75) is 18.7 Å². The summed E-state index contributed by atoms with van der Waals surface area (Å²) in [5.74, 6) is -1.36. The number of carbonyl (C=O) groups excluding carboxylic acids is 1. The molecule has 1 atom stereocenters. The molecule has 1 aliphatic heterocycles. The summed E-state index contributed by atoms with van der Waals surface area (Å²) < 4.78 is 45.5. The van der Waals surface area contributed by atoms with Crippen molar-refractivity contribution in [1.82, 2.24) is 24.6 Å². The van der Waals surface area contributed by atoms with Gasteiger partial charge in [-0.2, -0.15) is 5.10 Å². The molecule has 1 saturated heterocycles. The Kier molecular flexibility index (Phi) is 9.21. The van der Waals surface area contributed by atoms with Crippen molar-refractivity contribution in [2.75, 3.05) is 53.1 Å². The summed E-state index contributed by atoms with van der Waals surface area (Å²) in [7, 11) is 1.43. The standard InChI is InChI=1S/C26H31F2N5O5/c1-36-14-25(34)32-8-7-31(15-26(35,16-32)17-38-24-6-5-21(27)12-23(24)28)13-20-3-2-4-22(11-20)37-10-9-33-19-29-18-30-33/h2-6,11-12,18-19,35H,7-10,13-17H2,1H3/t26-/m0/s1. The van der Waals surface area contributed by atoms with Gasteiger partial charge in [-0.15, -0.1) is 0 Å². The highest BCUT2D eigenvalue weighted by Gasteiger charge is 2.37. The van der Waals surface area contributed by atoms with Crippen LogP contribution in [0, 0.1) is 11.6 Å². The Hall–Kier alpha value is -3.61. The second kappa shape index (κ2) is 12.8. The van der Waals surface area contributed by atoms with Crippen LogP contribution in [0.5, 0.6) is 11.5 Å². The first-order valence-corrected chi connectivity index (χ1v) is 12.2. The van der Waals surface area contributed by atoms with Gasteiger partial charge >= 0.3 is 0 Å². The number of nitrogens with zero attached hydrogens (tertiary/aromatic N) is 5. The molecule has 204 valence electrons. The van der Waals surface area contributed by atoms with Gasteiger partial charge in [-0.05, 0) is 29.8 Å². The molecule has 1 aliphatic rings. The van der Waals surface area contributed by atoms with Crippen LogP contribution in [0.3, 0.4) is 0 Å². The van der Waals surface area contributed by atoms with Crippen molar-refractivity contribution < 1.29 is 32.9 Å². The van der Waals surface area contributed by atoms with Gasteiger partial charge in [-0.3, -0.25) is 9.69 Å². The number of methoxy groups -OCH3 is 1. The molecule has 0 unspecified atom stereocenters. The molecule has 0 bridgehead atoms. The molecule has 38 heavy (non-hydrogen) atoms. The maximum atomic E-state index is 14.1. The van der Waals surface area contributed by atoms with Gasteiger partial charge in [0.15, 0.2) is 11.6 Å². The number of β-amino-alcohol motifs (C(OH)–C–C–N with tert-alkyl or cyclic N) is 1. The maximum Gasteiger partial charge on any atom is 0.248 e. The number of ether oxygens (including phenoxy) is 3. The number of hydrogen-bond acceptors (Lipinski definition) is 8. The molecule has 1 amide bonds. The number of carbonyl (C=O) groups is 1. The third kappa shape index (κ3) is 7.70. The Balaban J connectivity index is 1.43. The third-order valence-electron chi connectivity index (χ3n) is 6.06. The van der Waals surface area contributed by atoms with Crippen LogP contribution < -0.4 is 9.47 Å². The van der Waals surface area contributed by atoms with Gasteiger partial charge < -0.3 is 24.2 Å². The predicted octanol–water partition coefficient (Wildman–Crippen LogP) is 1.74. The second-order valence-electron chi connectivity index (χ2n) is 9.20. The van der Waals surface area contributed by atoms with E-state index in [1.165, 1.54) is 24.4 Å². The van der Waals surface area contributed by atoms with Crippen LogP contribution in [0.1, 0.15) is 5.56 Å². The van der Waals surface area contributed by atoms with Gasteiger partial charge in [0.1, 0.15) is 49.6 Å². The summed E-state index contributed by atoms with van der Waals surface area (Å²) in [6.45, 7) is 2.01. The monoisotopic (exact) mass is 531 g/mol. The van der Waals surface area contributed by atoms with E-state index < -0.39 is 17.2 Å². The van der Waals surface area contributed by atoms with Gasteiger partial charge in [0.2, 0.25) is 5.91 Å². The molecule has 0 radical (unpaired) electrons. The lowest BCUT2D eigenvalue weighted by molar-refractivity contribution is -0.138. The summed E-state index contributed by atoms with van der Waals surface area (Å²) in [5, 5.41) is 15.6. The van der Waals surface area contributed by atoms with Crippen molar-refractivity contribution in [3.63, 3.8) is 0 Å². The highest BCUT2D eigenvalue weighted by atomic mass is 19.1. The van der Waals surface area contributed by atoms with Crippen LogP contribution in [-0.2, 0) is 22.6 Å². The molecule has 0 saturated carbocycles. The minimum absolute atomic E-state index is 0.0278. The lowest BCUT2D eigenvalue weighted by atomic mass is 10.0. The molecule has 0 aliphatic carbocycles. The van der Waals surface area contributed by atoms with Crippen molar-refractivity contribution in [1.29, 1.82) is 0 Å². The van der Waals surface area contributed by atoms with E-state index in [2.05, 4.69) is 10.1 Å². The van der Waals surface area contributed by atoms with E-state index in [0.29, 0.717) is 44.6 Å². The van der Waals surface area contributed by atoms with E-state index >= 15 is 0 Å². The van der Waals surface area contributed by atoms with E-state index in [0.717, 1.165) is 11.6 Å². The smallest absolute Gasteiger partial charge is 0.248 e. The Morgan fingerprint density at radius 1 is 1.13 bits per heavy atom. The van der Waals surface area contributed by atoms with Crippen LogP contribution >= 0.6 is 0 Å². The Morgan fingerprint density at radius 3 is 2.76 bits per heavy atom. The maximum absolute atomic E-state index is 14.1. The Morgan fingerprint density at radius 2 is 2.00 bits per heavy atom. The molecule has 4 rings (SSSR count). The molecular formula is C26H31F2N5O5. The van der Waals surface area contributed by atoms with Crippen LogP contribution in [0.15, 0.2) is 55.1 Å². The molecule has 3 aromatic rings. The van der Waals surface area contributed by atoms with Crippen molar-refractivity contribution in [3.05, 3.63) is 72.3 Å². The minimum Gasteiger partial charge on any atom is -0.492 e. The number of aliphatic hydroxyl groups is 1. The van der Waals surface area contributed by atoms with Crippen molar-refractivity contribution >= 4 is 5.91 Å². The second-order valence-corrected chi connectivity index (χ2v) is 9.20. The first-order chi connectivity index (χ1) is 18.3.